The molecule has 2 aliphatic carbocycles. The smallest absolute Gasteiger partial charge is 0.345 e. The molecule has 1 amide bonds. The summed E-state index contributed by atoms with van der Waals surface area (Å²) in [6.07, 6.45) is 7.70. The highest BCUT2D eigenvalue weighted by atomic mass is 19.3. The number of nitrogens with one attached hydrogen (secondary N) is 2. The van der Waals surface area contributed by atoms with Crippen molar-refractivity contribution in [1.29, 1.82) is 0 Å². The number of anilines is 2. The van der Waals surface area contributed by atoms with Gasteiger partial charge in [-0.1, -0.05) is 6.08 Å². The molecule has 29 heavy (non-hydrogen) atoms. The fraction of sp³-hybridized carbons (Fsp3) is 0.632. The first-order valence-corrected chi connectivity index (χ1v) is 9.92. The van der Waals surface area contributed by atoms with Crippen LogP contribution in [0.5, 0.6) is 0 Å². The number of hydrogen-bond acceptors (Lipinski definition) is 7. The Hall–Kier alpha value is -2.33. The van der Waals surface area contributed by atoms with Gasteiger partial charge in [0.05, 0.1) is 12.2 Å². The van der Waals surface area contributed by atoms with E-state index in [1.165, 1.54) is 6.20 Å². The highest BCUT2D eigenvalue weighted by Crippen LogP contribution is 2.26. The molecule has 1 aromatic heterocycles. The van der Waals surface area contributed by atoms with Crippen LogP contribution < -0.4 is 16.4 Å². The lowest BCUT2D eigenvalue weighted by molar-refractivity contribution is -0.169. The van der Waals surface area contributed by atoms with E-state index in [-0.39, 0.29) is 17.4 Å². The number of nitrogens with zero attached hydrogens (tertiary/aromatic N) is 2. The summed E-state index contributed by atoms with van der Waals surface area (Å²) < 4.78 is 29.2. The van der Waals surface area contributed by atoms with Crippen molar-refractivity contribution >= 4 is 17.7 Å². The first-order valence-electron chi connectivity index (χ1n) is 9.92. The number of primary amides is 1. The molecule has 0 radical (unpaired) electrons. The van der Waals surface area contributed by atoms with E-state index in [4.69, 9.17) is 5.73 Å². The van der Waals surface area contributed by atoms with Crippen molar-refractivity contribution in [3.63, 3.8) is 0 Å². The van der Waals surface area contributed by atoms with E-state index >= 15 is 0 Å². The van der Waals surface area contributed by atoms with E-state index in [0.717, 1.165) is 25.0 Å². The Labute approximate surface area is 167 Å². The topological polar surface area (TPSA) is 122 Å². The second kappa shape index (κ2) is 9.93. The van der Waals surface area contributed by atoms with Crippen LogP contribution in [0.4, 0.5) is 20.5 Å². The number of carbonyl (C=O) groups is 1. The second-order valence-electron chi connectivity index (χ2n) is 7.48. The van der Waals surface area contributed by atoms with Crippen LogP contribution in [-0.4, -0.2) is 45.8 Å². The number of aromatic nitrogens is 2. The minimum atomic E-state index is -2.75. The molecule has 8 nitrogen and oxygen atoms in total. The monoisotopic (exact) mass is 411 g/mol. The van der Waals surface area contributed by atoms with E-state index in [9.17, 15) is 18.7 Å². The Morgan fingerprint density at radius 2 is 2.03 bits per heavy atom. The van der Waals surface area contributed by atoms with E-state index in [2.05, 4.69) is 25.3 Å². The van der Waals surface area contributed by atoms with Crippen molar-refractivity contribution in [2.75, 3.05) is 10.6 Å². The summed E-state index contributed by atoms with van der Waals surface area (Å²) in [7, 11) is 0. The van der Waals surface area contributed by atoms with Gasteiger partial charge in [-0.05, 0) is 44.9 Å². The predicted octanol–water partition coefficient (Wildman–Crippen LogP) is 2.77. The van der Waals surface area contributed by atoms with Crippen LogP contribution in [0.2, 0.25) is 0 Å². The van der Waals surface area contributed by atoms with Gasteiger partial charge >= 0.3 is 6.61 Å². The van der Waals surface area contributed by atoms with Crippen molar-refractivity contribution < 1.29 is 23.4 Å². The maximum absolute atomic E-state index is 12.3. The number of amides is 1. The number of carbonyl (C=O) groups excluding carboxylic acids is 1. The van der Waals surface area contributed by atoms with Gasteiger partial charge in [-0.25, -0.2) is 4.98 Å². The van der Waals surface area contributed by atoms with Gasteiger partial charge in [-0.2, -0.15) is 13.8 Å². The molecule has 3 rings (SSSR count). The fourth-order valence-electron chi connectivity index (χ4n) is 3.72. The number of rotatable bonds is 7. The number of alkyl halides is 2. The minimum Gasteiger partial charge on any atom is -0.393 e. The number of halogens is 2. The molecule has 5 N–H and O–H groups in total. The first-order chi connectivity index (χ1) is 13.9. The molecule has 0 aromatic carbocycles. The summed E-state index contributed by atoms with van der Waals surface area (Å²) >= 11 is 0. The van der Waals surface area contributed by atoms with E-state index in [1.807, 2.05) is 6.08 Å². The van der Waals surface area contributed by atoms with Crippen LogP contribution in [0.3, 0.4) is 0 Å². The number of aliphatic hydroxyl groups is 1. The summed E-state index contributed by atoms with van der Waals surface area (Å²) in [5.41, 5.74) is 6.38. The Morgan fingerprint density at radius 3 is 2.72 bits per heavy atom. The molecular weight excluding hydrogens is 384 g/mol. The zero-order chi connectivity index (χ0) is 20.8. The summed E-state index contributed by atoms with van der Waals surface area (Å²) in [6.45, 7) is -2.75. The molecule has 2 aliphatic rings. The lowest BCUT2D eigenvalue weighted by Gasteiger charge is -2.29. The number of allylic oxidation sites excluding steroid dienone is 1. The van der Waals surface area contributed by atoms with Crippen molar-refractivity contribution in [3.8, 4) is 0 Å². The molecular formula is C19H27F2N5O3. The summed E-state index contributed by atoms with van der Waals surface area (Å²) in [4.78, 5) is 20.3. The SMILES string of the molecule is NC(=O)c1cnc(NC2CCC(OC(F)F)CC2)nc1NC1=CCCC[C@H](O)C1. The summed E-state index contributed by atoms with van der Waals surface area (Å²) in [5, 5.41) is 16.3. The summed E-state index contributed by atoms with van der Waals surface area (Å²) in [5.74, 6) is -0.0472. The zero-order valence-corrected chi connectivity index (χ0v) is 16.1. The van der Waals surface area contributed by atoms with Crippen LogP contribution in [0.15, 0.2) is 18.0 Å². The van der Waals surface area contributed by atoms with Crippen molar-refractivity contribution in [3.05, 3.63) is 23.5 Å². The number of hydrogen-bond donors (Lipinski definition) is 4. The third kappa shape index (κ3) is 6.33. The van der Waals surface area contributed by atoms with Crippen LogP contribution in [0.1, 0.15) is 61.7 Å². The minimum absolute atomic E-state index is 0.0266. The zero-order valence-electron chi connectivity index (χ0n) is 16.1. The molecule has 1 heterocycles. The van der Waals surface area contributed by atoms with Gasteiger partial charge in [-0.3, -0.25) is 4.79 Å². The standard InChI is InChI=1S/C19H27F2N5O3/c20-18(21)29-14-7-5-11(6-8-14)25-19-23-10-15(16(22)28)17(26-19)24-12-3-1-2-4-13(27)9-12/h3,10-11,13-14,18,27H,1-2,4-9H2,(H2,22,28)(H2,23,24,25,26)/t11?,13-,14?/m0/s1. The number of aliphatic hydroxyl groups excluding tert-OH is 1. The highest BCUT2D eigenvalue weighted by Gasteiger charge is 2.25. The largest absolute Gasteiger partial charge is 0.393 e. The molecule has 10 heteroatoms. The van der Waals surface area contributed by atoms with E-state index < -0.39 is 24.7 Å². The van der Waals surface area contributed by atoms with Gasteiger partial charge in [0.15, 0.2) is 0 Å². The Balaban J connectivity index is 1.67. The Bertz CT molecular complexity index is 739. The first kappa shape index (κ1) is 21.4. The molecule has 1 atom stereocenters. The molecule has 0 saturated heterocycles. The summed E-state index contributed by atoms with van der Waals surface area (Å²) in [6, 6.07) is 0.0266. The van der Waals surface area contributed by atoms with Crippen molar-refractivity contribution in [2.24, 2.45) is 5.73 Å². The lowest BCUT2D eigenvalue weighted by atomic mass is 9.93. The second-order valence-corrected chi connectivity index (χ2v) is 7.48. The molecule has 1 saturated carbocycles. The fourth-order valence-corrected chi connectivity index (χ4v) is 3.72. The van der Waals surface area contributed by atoms with Crippen LogP contribution in [-0.2, 0) is 4.74 Å². The average molecular weight is 411 g/mol. The maximum atomic E-state index is 12.3. The molecule has 0 unspecified atom stereocenters. The third-order valence-corrected chi connectivity index (χ3v) is 5.22. The van der Waals surface area contributed by atoms with Crippen molar-refractivity contribution in [1.82, 2.24) is 9.97 Å². The molecule has 1 aromatic rings. The van der Waals surface area contributed by atoms with E-state index in [0.29, 0.717) is 38.1 Å². The van der Waals surface area contributed by atoms with Crippen LogP contribution in [0, 0.1) is 0 Å². The molecule has 0 bridgehead atoms. The van der Waals surface area contributed by atoms with Crippen molar-refractivity contribution in [2.45, 2.75) is 76.2 Å². The average Bonchev–Trinajstić information content (AvgIpc) is 2.86. The molecule has 1 fully saturated rings. The maximum Gasteiger partial charge on any atom is 0.345 e. The molecule has 0 spiro atoms. The molecule has 0 aliphatic heterocycles. The quantitative estimate of drug-likeness (QED) is 0.544. The van der Waals surface area contributed by atoms with Crippen LogP contribution >= 0.6 is 0 Å². The van der Waals surface area contributed by atoms with Gasteiger partial charge in [0.1, 0.15) is 11.4 Å². The Kier molecular flexibility index (Phi) is 7.32. The predicted molar refractivity (Wildman–Crippen MR) is 103 cm³/mol. The molecule has 160 valence electrons. The van der Waals surface area contributed by atoms with Crippen LogP contribution in [0.25, 0.3) is 0 Å². The van der Waals surface area contributed by atoms with Gasteiger partial charge in [0, 0.05) is 24.4 Å². The number of nitrogens with two attached hydrogens (primary N) is 1. The van der Waals surface area contributed by atoms with E-state index in [1.54, 1.807) is 0 Å². The normalized spacial score (nSPS) is 25.2. The lowest BCUT2D eigenvalue weighted by Crippen LogP contribution is -2.31. The Morgan fingerprint density at radius 1 is 1.28 bits per heavy atom. The van der Waals surface area contributed by atoms with Gasteiger partial charge in [0.25, 0.3) is 5.91 Å². The van der Waals surface area contributed by atoms with Gasteiger partial charge < -0.3 is 26.2 Å². The number of ether oxygens (including phenoxy) is 1. The van der Waals surface area contributed by atoms with Gasteiger partial charge in [-0.15, -0.1) is 0 Å². The third-order valence-electron chi connectivity index (χ3n) is 5.22. The van der Waals surface area contributed by atoms with Gasteiger partial charge in [0.2, 0.25) is 5.95 Å². The highest BCUT2D eigenvalue weighted by molar-refractivity contribution is 5.97.